The summed E-state index contributed by atoms with van der Waals surface area (Å²) in [6.45, 7) is 1.94. The Hall–Kier alpha value is -3.45. The molecule has 2 heterocycles. The highest BCUT2D eigenvalue weighted by molar-refractivity contribution is 7.20. The second kappa shape index (κ2) is 7.66. The third-order valence-electron chi connectivity index (χ3n) is 4.26. The van der Waals surface area contributed by atoms with Gasteiger partial charge in [0.15, 0.2) is 0 Å². The fraction of sp³-hybridized carbons (Fsp3) is 0.0952. The molecule has 0 saturated carbocycles. The van der Waals surface area contributed by atoms with E-state index in [4.69, 9.17) is 4.74 Å². The Balaban J connectivity index is 1.54. The van der Waals surface area contributed by atoms with Crippen molar-refractivity contribution >= 4 is 33.7 Å². The first kappa shape index (κ1) is 17.9. The summed E-state index contributed by atoms with van der Waals surface area (Å²) in [5.41, 5.74) is 5.30. The highest BCUT2D eigenvalue weighted by Gasteiger charge is 2.16. The highest BCUT2D eigenvalue weighted by Crippen LogP contribution is 2.30. The van der Waals surface area contributed by atoms with E-state index >= 15 is 0 Å². The molecule has 2 aromatic heterocycles. The molecule has 0 aliphatic heterocycles. The van der Waals surface area contributed by atoms with Gasteiger partial charge in [-0.2, -0.15) is 10.2 Å². The summed E-state index contributed by atoms with van der Waals surface area (Å²) < 4.78 is 6.99. The minimum absolute atomic E-state index is 0.245. The molecule has 4 aromatic rings. The molecule has 6 nitrogen and oxygen atoms in total. The minimum Gasteiger partial charge on any atom is -0.497 e. The summed E-state index contributed by atoms with van der Waals surface area (Å²) >= 11 is 1.40. The predicted molar refractivity (Wildman–Crippen MR) is 112 cm³/mol. The Morgan fingerprint density at radius 3 is 2.64 bits per heavy atom. The molecule has 0 aliphatic carbocycles. The normalized spacial score (nSPS) is 11.2. The fourth-order valence-electron chi connectivity index (χ4n) is 2.81. The van der Waals surface area contributed by atoms with E-state index in [2.05, 4.69) is 15.6 Å². The lowest BCUT2D eigenvalue weighted by molar-refractivity contribution is 0.0959. The molecular weight excluding hydrogens is 372 g/mol. The van der Waals surface area contributed by atoms with Gasteiger partial charge in [-0.05, 0) is 55.0 Å². The van der Waals surface area contributed by atoms with E-state index in [1.807, 2.05) is 72.3 Å². The number of thiophene rings is 1. The molecule has 0 fully saturated rings. The summed E-state index contributed by atoms with van der Waals surface area (Å²) in [5.74, 6) is 0.527. The Bertz CT molecular complexity index is 1140. The van der Waals surface area contributed by atoms with Gasteiger partial charge in [-0.15, -0.1) is 11.3 Å². The van der Waals surface area contributed by atoms with Crippen LogP contribution in [0.1, 0.15) is 20.9 Å². The molecule has 0 unspecified atom stereocenters. The number of para-hydroxylation sites is 1. The smallest absolute Gasteiger partial charge is 0.281 e. The molecule has 0 aliphatic rings. The van der Waals surface area contributed by atoms with Crippen LogP contribution in [-0.2, 0) is 0 Å². The lowest BCUT2D eigenvalue weighted by atomic mass is 10.2. The number of rotatable bonds is 5. The Morgan fingerprint density at radius 1 is 1.18 bits per heavy atom. The largest absolute Gasteiger partial charge is 0.497 e. The van der Waals surface area contributed by atoms with Gasteiger partial charge in [0.1, 0.15) is 10.6 Å². The zero-order chi connectivity index (χ0) is 19.5. The van der Waals surface area contributed by atoms with Gasteiger partial charge in [0.25, 0.3) is 5.91 Å². The molecule has 0 radical (unpaired) electrons. The van der Waals surface area contributed by atoms with Crippen molar-refractivity contribution in [3.63, 3.8) is 0 Å². The van der Waals surface area contributed by atoms with Crippen LogP contribution in [0, 0.1) is 6.92 Å². The van der Waals surface area contributed by atoms with Crippen molar-refractivity contribution in [2.75, 3.05) is 7.11 Å². The molecule has 140 valence electrons. The molecule has 0 saturated heterocycles. The number of amides is 1. The summed E-state index contributed by atoms with van der Waals surface area (Å²) in [5, 5.41) is 9.61. The van der Waals surface area contributed by atoms with Crippen LogP contribution in [0.4, 0.5) is 0 Å². The van der Waals surface area contributed by atoms with E-state index in [-0.39, 0.29) is 5.91 Å². The number of benzene rings is 2. The summed E-state index contributed by atoms with van der Waals surface area (Å²) in [4.78, 5) is 14.0. The van der Waals surface area contributed by atoms with Crippen LogP contribution in [0.5, 0.6) is 5.75 Å². The number of carbonyl (C=O) groups excluding carboxylic acids is 1. The van der Waals surface area contributed by atoms with Crippen LogP contribution in [0.25, 0.3) is 15.9 Å². The lowest BCUT2D eigenvalue weighted by Gasteiger charge is -2.01. The zero-order valence-corrected chi connectivity index (χ0v) is 16.2. The molecule has 1 amide bonds. The molecule has 2 aromatic carbocycles. The third kappa shape index (κ3) is 3.52. The third-order valence-corrected chi connectivity index (χ3v) is 5.37. The van der Waals surface area contributed by atoms with E-state index in [1.165, 1.54) is 11.3 Å². The van der Waals surface area contributed by atoms with Gasteiger partial charge in [0, 0.05) is 5.39 Å². The standard InChI is InChI=1S/C21H18N4O2S/c1-14-18-12-19(28-21(18)25(24-14)16-6-4-3-5-7-16)20(26)23-22-13-15-8-10-17(27-2)11-9-15/h3-13H,1-2H3,(H,23,26). The van der Waals surface area contributed by atoms with Crippen LogP contribution < -0.4 is 10.2 Å². The second-order valence-electron chi connectivity index (χ2n) is 6.13. The van der Waals surface area contributed by atoms with Crippen molar-refractivity contribution in [3.05, 3.63) is 76.8 Å². The number of nitrogens with one attached hydrogen (secondary N) is 1. The number of methoxy groups -OCH3 is 1. The Morgan fingerprint density at radius 2 is 1.93 bits per heavy atom. The summed E-state index contributed by atoms with van der Waals surface area (Å²) in [6, 6.07) is 19.2. The van der Waals surface area contributed by atoms with Crippen molar-refractivity contribution in [1.82, 2.24) is 15.2 Å². The molecule has 1 N–H and O–H groups in total. The molecule has 7 heteroatoms. The van der Waals surface area contributed by atoms with E-state index < -0.39 is 0 Å². The van der Waals surface area contributed by atoms with Gasteiger partial charge in [0.2, 0.25) is 0 Å². The Kier molecular flexibility index (Phi) is 4.90. The van der Waals surface area contributed by atoms with Crippen molar-refractivity contribution in [2.24, 2.45) is 5.10 Å². The van der Waals surface area contributed by atoms with Gasteiger partial charge >= 0.3 is 0 Å². The van der Waals surface area contributed by atoms with Crippen LogP contribution >= 0.6 is 11.3 Å². The van der Waals surface area contributed by atoms with Crippen molar-refractivity contribution in [1.29, 1.82) is 0 Å². The quantitative estimate of drug-likeness (QED) is 0.411. The van der Waals surface area contributed by atoms with Crippen molar-refractivity contribution in [2.45, 2.75) is 6.92 Å². The SMILES string of the molecule is COc1ccc(C=NNC(=O)c2cc3c(C)nn(-c4ccccc4)c3s2)cc1. The number of aromatic nitrogens is 2. The highest BCUT2D eigenvalue weighted by atomic mass is 32.1. The maximum absolute atomic E-state index is 12.5. The molecule has 4 rings (SSSR count). The topological polar surface area (TPSA) is 68.5 Å². The van der Waals surface area contributed by atoms with Crippen LogP contribution in [0.2, 0.25) is 0 Å². The maximum atomic E-state index is 12.5. The van der Waals surface area contributed by atoms with E-state index in [0.717, 1.165) is 32.9 Å². The molecule has 28 heavy (non-hydrogen) atoms. The number of aryl methyl sites for hydroxylation is 1. The van der Waals surface area contributed by atoms with Gasteiger partial charge in [-0.3, -0.25) is 4.79 Å². The number of hydrogen-bond acceptors (Lipinski definition) is 5. The maximum Gasteiger partial charge on any atom is 0.281 e. The molecular formula is C21H18N4O2S. The second-order valence-corrected chi connectivity index (χ2v) is 7.17. The van der Waals surface area contributed by atoms with Crippen molar-refractivity contribution in [3.8, 4) is 11.4 Å². The van der Waals surface area contributed by atoms with Gasteiger partial charge < -0.3 is 4.74 Å². The number of hydrogen-bond donors (Lipinski definition) is 1. The van der Waals surface area contributed by atoms with Crippen LogP contribution in [0.3, 0.4) is 0 Å². The number of hydrazone groups is 1. The van der Waals surface area contributed by atoms with Gasteiger partial charge in [0.05, 0.1) is 29.6 Å². The molecule has 0 bridgehead atoms. The van der Waals surface area contributed by atoms with E-state index in [0.29, 0.717) is 4.88 Å². The minimum atomic E-state index is -0.245. The first-order valence-corrected chi connectivity index (χ1v) is 9.49. The fourth-order valence-corrected chi connectivity index (χ4v) is 3.89. The number of fused-ring (bicyclic) bond motifs is 1. The Labute approximate surface area is 166 Å². The average molecular weight is 390 g/mol. The van der Waals surface area contributed by atoms with Crippen LogP contribution in [-0.4, -0.2) is 29.0 Å². The number of carbonyl (C=O) groups is 1. The lowest BCUT2D eigenvalue weighted by Crippen LogP contribution is -2.16. The average Bonchev–Trinajstić information content (AvgIpc) is 3.30. The zero-order valence-electron chi connectivity index (χ0n) is 15.4. The molecule has 0 atom stereocenters. The van der Waals surface area contributed by atoms with E-state index in [9.17, 15) is 4.79 Å². The first-order chi connectivity index (χ1) is 13.7. The van der Waals surface area contributed by atoms with Crippen molar-refractivity contribution < 1.29 is 9.53 Å². The van der Waals surface area contributed by atoms with E-state index in [1.54, 1.807) is 13.3 Å². The first-order valence-electron chi connectivity index (χ1n) is 8.68. The summed E-state index contributed by atoms with van der Waals surface area (Å²) in [7, 11) is 1.62. The molecule has 0 spiro atoms. The van der Waals surface area contributed by atoms with Crippen LogP contribution in [0.15, 0.2) is 65.8 Å². The predicted octanol–water partition coefficient (Wildman–Crippen LogP) is 4.17. The number of nitrogens with zero attached hydrogens (tertiary/aromatic N) is 3. The number of ether oxygens (including phenoxy) is 1. The summed E-state index contributed by atoms with van der Waals surface area (Å²) in [6.07, 6.45) is 1.60. The van der Waals surface area contributed by atoms with Gasteiger partial charge in [-0.1, -0.05) is 18.2 Å². The monoisotopic (exact) mass is 390 g/mol. The van der Waals surface area contributed by atoms with Gasteiger partial charge in [-0.25, -0.2) is 10.1 Å².